The summed E-state index contributed by atoms with van der Waals surface area (Å²) in [6.45, 7) is 0. The van der Waals surface area contributed by atoms with E-state index < -0.39 is 11.3 Å². The van der Waals surface area contributed by atoms with Gasteiger partial charge >= 0.3 is 11.3 Å². The van der Waals surface area contributed by atoms with Gasteiger partial charge in [0.2, 0.25) is 0 Å². The minimum atomic E-state index is -0.435. The first kappa shape index (κ1) is 42.2. The molecule has 0 aliphatic carbocycles. The fourth-order valence-corrected chi connectivity index (χ4v) is 9.56. The van der Waals surface area contributed by atoms with Crippen LogP contribution < -0.4 is 11.3 Å². The fourth-order valence-electron chi connectivity index (χ4n) is 9.56. The number of hydrogen-bond acceptors (Lipinski definition) is 9. The van der Waals surface area contributed by atoms with Crippen LogP contribution >= 0.6 is 0 Å². The summed E-state index contributed by atoms with van der Waals surface area (Å²) in [4.78, 5) is 49.2. The first-order valence-electron chi connectivity index (χ1n) is 23.2. The molecule has 7 heterocycles. The third kappa shape index (κ3) is 8.19. The van der Waals surface area contributed by atoms with E-state index in [1.165, 1.54) is 0 Å². The van der Waals surface area contributed by atoms with Crippen molar-refractivity contribution in [3.8, 4) is 55.8 Å². The van der Waals surface area contributed by atoms with Gasteiger partial charge in [-0.1, -0.05) is 127 Å². The lowest BCUT2D eigenvalue weighted by molar-refractivity contribution is 0.567. The van der Waals surface area contributed by atoms with Crippen LogP contribution in [-0.2, 0) is 25.7 Å². The van der Waals surface area contributed by atoms with E-state index in [9.17, 15) is 9.59 Å². The van der Waals surface area contributed by atoms with Crippen LogP contribution in [0.25, 0.3) is 99.5 Å². The summed E-state index contributed by atoms with van der Waals surface area (Å²) in [5.41, 5.74) is 15.9. The Balaban J connectivity index is 0.942. The molecule has 0 fully saturated rings. The normalized spacial score (nSPS) is 11.5. The summed E-state index contributed by atoms with van der Waals surface area (Å²) in [7, 11) is 0. The SMILES string of the molecule is O=c1oc2cnccc2c2ncc(CCc3cc(CCc4cnc5c(c4)c(=O)oc4cnccc45)cc(-c4ccccc4-c4cnc(-c5ccccc5)cc4-c4ccc(-c5ccccc5)cc4)c3)cc12. The molecule has 0 unspecified atom stereocenters. The van der Waals surface area contributed by atoms with Gasteiger partial charge in [-0.15, -0.1) is 0 Å². The van der Waals surface area contributed by atoms with E-state index in [2.05, 4.69) is 119 Å². The fraction of sp³-hybridized carbons (Fsp3) is 0.0656. The van der Waals surface area contributed by atoms with Gasteiger partial charge in [0.05, 0.1) is 39.9 Å². The first-order valence-corrected chi connectivity index (χ1v) is 23.2. The quantitative estimate of drug-likeness (QED) is 0.117. The van der Waals surface area contributed by atoms with Crippen molar-refractivity contribution < 1.29 is 8.83 Å². The maximum absolute atomic E-state index is 13.2. The van der Waals surface area contributed by atoms with Crippen molar-refractivity contribution in [3.63, 3.8) is 0 Å². The predicted octanol–water partition coefficient (Wildman–Crippen LogP) is 13.1. The molecule has 0 bridgehead atoms. The Hall–Kier alpha value is -9.21. The minimum absolute atomic E-state index is 0.412. The zero-order valence-corrected chi connectivity index (χ0v) is 37.8. The van der Waals surface area contributed by atoms with Crippen LogP contribution in [0.15, 0.2) is 220 Å². The second-order valence-electron chi connectivity index (χ2n) is 17.5. The second kappa shape index (κ2) is 18.1. The molecule has 12 aromatic rings. The predicted molar refractivity (Wildman–Crippen MR) is 277 cm³/mol. The van der Waals surface area contributed by atoms with Gasteiger partial charge in [-0.25, -0.2) is 9.59 Å². The molecule has 334 valence electrons. The van der Waals surface area contributed by atoms with E-state index in [0.29, 0.717) is 58.7 Å². The van der Waals surface area contributed by atoms with Gasteiger partial charge in [0.15, 0.2) is 11.2 Å². The van der Waals surface area contributed by atoms with Crippen molar-refractivity contribution >= 4 is 43.7 Å². The van der Waals surface area contributed by atoms with Crippen molar-refractivity contribution in [1.82, 2.24) is 24.9 Å². The molecule has 0 atom stereocenters. The highest BCUT2D eigenvalue weighted by molar-refractivity contribution is 6.02. The molecule has 70 heavy (non-hydrogen) atoms. The van der Waals surface area contributed by atoms with Crippen LogP contribution in [0.2, 0.25) is 0 Å². The number of aryl methyl sites for hydroxylation is 4. The maximum atomic E-state index is 13.2. The van der Waals surface area contributed by atoms with Crippen molar-refractivity contribution in [2.24, 2.45) is 0 Å². The molecule has 0 saturated heterocycles. The molecule has 9 heteroatoms. The van der Waals surface area contributed by atoms with E-state index in [-0.39, 0.29) is 0 Å². The highest BCUT2D eigenvalue weighted by Crippen LogP contribution is 2.41. The second-order valence-corrected chi connectivity index (χ2v) is 17.5. The van der Waals surface area contributed by atoms with Gasteiger partial charge in [-0.3, -0.25) is 24.9 Å². The molecule has 0 aliphatic heterocycles. The third-order valence-corrected chi connectivity index (χ3v) is 13.1. The molecular weight excluding hydrogens is 867 g/mol. The molecular formula is C61H41N5O4. The van der Waals surface area contributed by atoms with Crippen molar-refractivity contribution in [2.75, 3.05) is 0 Å². The maximum Gasteiger partial charge on any atom is 0.345 e. The lowest BCUT2D eigenvalue weighted by Gasteiger charge is -2.18. The van der Waals surface area contributed by atoms with Crippen molar-refractivity contribution in [2.45, 2.75) is 25.7 Å². The first-order chi connectivity index (χ1) is 34.5. The molecule has 0 aliphatic rings. The van der Waals surface area contributed by atoms with E-state index >= 15 is 0 Å². The van der Waals surface area contributed by atoms with Gasteiger partial charge in [0.1, 0.15) is 0 Å². The number of pyridine rings is 5. The van der Waals surface area contributed by atoms with Gasteiger partial charge < -0.3 is 8.83 Å². The van der Waals surface area contributed by atoms with Crippen molar-refractivity contribution in [1.29, 1.82) is 0 Å². The monoisotopic (exact) mass is 907 g/mol. The average Bonchev–Trinajstić information content (AvgIpc) is 3.42. The summed E-state index contributed by atoms with van der Waals surface area (Å²) in [6.07, 6.45) is 14.8. The van der Waals surface area contributed by atoms with E-state index in [1.54, 1.807) is 24.8 Å². The molecule has 0 radical (unpaired) electrons. The molecule has 0 amide bonds. The Bertz CT molecular complexity index is 3900. The van der Waals surface area contributed by atoms with Crippen LogP contribution in [-0.4, -0.2) is 24.9 Å². The Labute approximate surface area is 401 Å². The Morgan fingerprint density at radius 2 is 0.843 bits per heavy atom. The topological polar surface area (TPSA) is 125 Å². The molecule has 12 rings (SSSR count). The molecule has 7 aromatic heterocycles. The van der Waals surface area contributed by atoms with Crippen LogP contribution in [0.1, 0.15) is 22.3 Å². The van der Waals surface area contributed by atoms with E-state index in [4.69, 9.17) is 23.8 Å². The Morgan fingerprint density at radius 1 is 0.343 bits per heavy atom. The van der Waals surface area contributed by atoms with Crippen molar-refractivity contribution in [3.05, 3.63) is 244 Å². The smallest absolute Gasteiger partial charge is 0.345 e. The number of rotatable bonds is 11. The Morgan fingerprint density at radius 3 is 1.43 bits per heavy atom. The molecule has 0 saturated carbocycles. The number of nitrogens with zero attached hydrogens (tertiary/aromatic N) is 5. The van der Waals surface area contributed by atoms with Gasteiger partial charge in [-0.05, 0) is 117 Å². The Kier molecular flexibility index (Phi) is 10.9. The van der Waals surface area contributed by atoms with Crippen LogP contribution in [0.3, 0.4) is 0 Å². The highest BCUT2D eigenvalue weighted by Gasteiger charge is 2.18. The van der Waals surface area contributed by atoms with Crippen LogP contribution in [0, 0.1) is 0 Å². The highest BCUT2D eigenvalue weighted by atomic mass is 16.4. The number of hydrogen-bond donors (Lipinski definition) is 0. The number of aromatic nitrogens is 5. The molecule has 0 N–H and O–H groups in total. The lowest BCUT2D eigenvalue weighted by atomic mass is 9.87. The van der Waals surface area contributed by atoms with Gasteiger partial charge in [0.25, 0.3) is 0 Å². The van der Waals surface area contributed by atoms with Gasteiger partial charge in [0, 0.05) is 52.9 Å². The van der Waals surface area contributed by atoms with Gasteiger partial charge in [-0.2, -0.15) is 0 Å². The molecule has 9 nitrogen and oxygen atoms in total. The largest absolute Gasteiger partial charge is 0.420 e. The molecule has 0 spiro atoms. The standard InChI is InChI=1S/C61H41N5O4/c67-60-52-30-40(33-65-58(52)49-23-25-62-36-56(49)69-60)17-15-38-27-39(16-18-41-31-53-59(66-34-41)50-24-26-63-37-57(50)70-61(53)68)29-46(28-38)47-13-7-8-14-48(47)54-35-64-55(45-11-5-2-6-12-45)32-51(54)44-21-19-43(20-22-44)42-9-3-1-4-10-42/h1-14,19-37H,15-18H2. The lowest BCUT2D eigenvalue weighted by Crippen LogP contribution is -2.04. The van der Waals surface area contributed by atoms with E-state index in [0.717, 1.165) is 88.8 Å². The molecule has 5 aromatic carbocycles. The summed E-state index contributed by atoms with van der Waals surface area (Å²) >= 11 is 0. The zero-order chi connectivity index (χ0) is 47.0. The van der Waals surface area contributed by atoms with Crippen LogP contribution in [0.5, 0.6) is 0 Å². The summed E-state index contributed by atoms with van der Waals surface area (Å²) in [5, 5.41) is 2.38. The number of fused-ring (bicyclic) bond motifs is 6. The summed E-state index contributed by atoms with van der Waals surface area (Å²) < 4.78 is 11.3. The minimum Gasteiger partial charge on any atom is -0.420 e. The average molecular weight is 908 g/mol. The zero-order valence-electron chi connectivity index (χ0n) is 37.8. The van der Waals surface area contributed by atoms with E-state index in [1.807, 2.05) is 67.1 Å². The third-order valence-electron chi connectivity index (χ3n) is 13.1. The van der Waals surface area contributed by atoms with Crippen LogP contribution in [0.4, 0.5) is 0 Å². The summed E-state index contributed by atoms with van der Waals surface area (Å²) in [5.74, 6) is 0. The number of benzene rings is 5. The summed E-state index contributed by atoms with van der Waals surface area (Å²) in [6, 6.07) is 54.5.